The summed E-state index contributed by atoms with van der Waals surface area (Å²) in [7, 11) is 0. The van der Waals surface area contributed by atoms with Crippen molar-refractivity contribution >= 4 is 29.1 Å². The van der Waals surface area contributed by atoms with E-state index in [0.29, 0.717) is 36.4 Å². The summed E-state index contributed by atoms with van der Waals surface area (Å²) in [4.78, 5) is 39.9. The van der Waals surface area contributed by atoms with Crippen LogP contribution in [-0.2, 0) is 6.18 Å². The Hall–Kier alpha value is -4.68. The number of alkyl halides is 3. The molecule has 1 aromatic carbocycles. The summed E-state index contributed by atoms with van der Waals surface area (Å²) in [6.07, 6.45) is 1.49. The van der Waals surface area contributed by atoms with E-state index in [1.807, 2.05) is 11.3 Å². The van der Waals surface area contributed by atoms with E-state index in [-0.39, 0.29) is 29.1 Å². The zero-order chi connectivity index (χ0) is 28.4. The first-order valence-electron chi connectivity index (χ1n) is 12.8. The number of anilines is 2. The van der Waals surface area contributed by atoms with Crippen molar-refractivity contribution in [2.24, 2.45) is 0 Å². The lowest BCUT2D eigenvalue weighted by molar-refractivity contribution is -0.137. The highest BCUT2D eigenvalue weighted by atomic mass is 19.4. The van der Waals surface area contributed by atoms with Crippen LogP contribution in [0.5, 0.6) is 0 Å². The van der Waals surface area contributed by atoms with Gasteiger partial charge in [-0.25, -0.2) is 19.7 Å². The number of imidazole rings is 1. The van der Waals surface area contributed by atoms with Gasteiger partial charge in [0.15, 0.2) is 0 Å². The second-order valence-electron chi connectivity index (χ2n) is 9.43. The zero-order valence-corrected chi connectivity index (χ0v) is 21.6. The average molecular weight is 553 g/mol. The molecular formula is C27H27F3N8O2. The van der Waals surface area contributed by atoms with Crippen molar-refractivity contribution in [1.82, 2.24) is 29.6 Å². The van der Waals surface area contributed by atoms with Crippen molar-refractivity contribution in [1.29, 1.82) is 0 Å². The Kier molecular flexibility index (Phi) is 7.28. The normalized spacial score (nSPS) is 15.7. The summed E-state index contributed by atoms with van der Waals surface area (Å²) in [6, 6.07) is 7.98. The van der Waals surface area contributed by atoms with E-state index < -0.39 is 17.6 Å². The first kappa shape index (κ1) is 26.9. The topological polar surface area (TPSA) is 131 Å². The Morgan fingerprint density at radius 3 is 2.62 bits per heavy atom. The molecule has 10 nitrogen and oxygen atoms in total. The molecule has 1 aliphatic rings. The molecule has 3 amide bonds. The highest BCUT2D eigenvalue weighted by Crippen LogP contribution is 2.34. The van der Waals surface area contributed by atoms with Crippen LogP contribution < -0.4 is 16.4 Å². The number of nitrogens with two attached hydrogens (primary N) is 1. The number of urea groups is 1. The number of amides is 3. The molecule has 1 atom stereocenters. The molecule has 5 rings (SSSR count). The first-order chi connectivity index (χ1) is 19.2. The molecule has 4 heterocycles. The predicted octanol–water partition coefficient (Wildman–Crippen LogP) is 4.55. The molecule has 0 aliphatic carbocycles. The number of nitrogens with one attached hydrogen (secondary N) is 2. The number of rotatable bonds is 5. The fourth-order valence-corrected chi connectivity index (χ4v) is 4.85. The van der Waals surface area contributed by atoms with E-state index in [4.69, 9.17) is 10.7 Å². The van der Waals surface area contributed by atoms with Gasteiger partial charge in [-0.15, -0.1) is 0 Å². The van der Waals surface area contributed by atoms with Crippen LogP contribution in [0.4, 0.5) is 29.6 Å². The number of halogens is 3. The van der Waals surface area contributed by atoms with E-state index in [0.717, 1.165) is 37.0 Å². The zero-order valence-electron chi connectivity index (χ0n) is 21.6. The van der Waals surface area contributed by atoms with Crippen molar-refractivity contribution in [2.45, 2.75) is 31.9 Å². The molecular weight excluding hydrogens is 525 g/mol. The van der Waals surface area contributed by atoms with Gasteiger partial charge in [-0.1, -0.05) is 12.1 Å². The Balaban J connectivity index is 1.42. The van der Waals surface area contributed by atoms with Gasteiger partial charge >= 0.3 is 12.2 Å². The van der Waals surface area contributed by atoms with Crippen LogP contribution in [0.25, 0.3) is 16.8 Å². The van der Waals surface area contributed by atoms with Crippen LogP contribution in [0.3, 0.4) is 0 Å². The van der Waals surface area contributed by atoms with Crippen LogP contribution in [0.2, 0.25) is 0 Å². The van der Waals surface area contributed by atoms with E-state index in [9.17, 15) is 22.8 Å². The summed E-state index contributed by atoms with van der Waals surface area (Å²) in [5, 5.41) is 5.25. The summed E-state index contributed by atoms with van der Waals surface area (Å²) < 4.78 is 40.9. The molecule has 0 unspecified atom stereocenters. The number of likely N-dealkylation sites (tertiary alicyclic amines) is 1. The molecule has 0 bridgehead atoms. The second-order valence-corrected chi connectivity index (χ2v) is 9.43. The molecule has 0 saturated carbocycles. The third-order valence-electron chi connectivity index (χ3n) is 6.76. The lowest BCUT2D eigenvalue weighted by atomic mass is 9.97. The van der Waals surface area contributed by atoms with Crippen molar-refractivity contribution < 1.29 is 22.8 Å². The largest absolute Gasteiger partial charge is 0.416 e. The number of benzene rings is 1. The lowest BCUT2D eigenvalue weighted by Crippen LogP contribution is -2.45. The van der Waals surface area contributed by atoms with E-state index >= 15 is 0 Å². The SMILES string of the molecule is CCNC(=O)N1CCC[C@@H](c2nc(-c3ccc(C(=O)Nc4cc(C(F)(F)F)ccn4)cc3)c3c(N)nccn23)C1. The van der Waals surface area contributed by atoms with Gasteiger partial charge in [0, 0.05) is 55.3 Å². The maximum Gasteiger partial charge on any atom is 0.416 e. The standard InChI is InChI=1S/C27H27F3N8O2/c1-2-32-26(40)37-12-3-4-18(15-37)24-36-21(22-23(31)34-11-13-38(22)24)16-5-7-17(8-6-16)25(39)35-20-14-19(9-10-33-20)27(28,29)30/h5-11,13-14,18H,2-4,12,15H2,1H3,(H2,31,34)(H,32,40)(H,33,35,39)/t18-/m1/s1. The number of carbonyl (C=O) groups excluding carboxylic acids is 2. The van der Waals surface area contributed by atoms with Gasteiger partial charge in [-0.3, -0.25) is 9.20 Å². The molecule has 40 heavy (non-hydrogen) atoms. The molecule has 1 fully saturated rings. The molecule has 0 spiro atoms. The van der Waals surface area contributed by atoms with Crippen molar-refractivity contribution in [2.75, 3.05) is 30.7 Å². The predicted molar refractivity (Wildman–Crippen MR) is 143 cm³/mol. The molecule has 208 valence electrons. The maximum atomic E-state index is 13.0. The highest BCUT2D eigenvalue weighted by Gasteiger charge is 2.31. The quantitative estimate of drug-likeness (QED) is 0.333. The number of fused-ring (bicyclic) bond motifs is 1. The number of carbonyl (C=O) groups is 2. The number of aromatic nitrogens is 4. The fraction of sp³-hybridized carbons (Fsp3) is 0.296. The number of piperidine rings is 1. The van der Waals surface area contributed by atoms with E-state index in [1.165, 1.54) is 0 Å². The van der Waals surface area contributed by atoms with Crippen molar-refractivity contribution in [3.63, 3.8) is 0 Å². The summed E-state index contributed by atoms with van der Waals surface area (Å²) in [5.41, 5.74) is 7.43. The number of nitrogen functional groups attached to an aromatic ring is 1. The summed E-state index contributed by atoms with van der Waals surface area (Å²) >= 11 is 0. The summed E-state index contributed by atoms with van der Waals surface area (Å²) in [5.74, 6) is 0.198. The number of hydrogen-bond acceptors (Lipinski definition) is 6. The maximum absolute atomic E-state index is 13.0. The molecule has 3 aromatic heterocycles. The molecule has 13 heteroatoms. The van der Waals surface area contributed by atoms with Gasteiger partial charge in [0.1, 0.15) is 28.7 Å². The van der Waals surface area contributed by atoms with Crippen molar-refractivity contribution in [3.05, 3.63) is 71.9 Å². The third kappa shape index (κ3) is 5.40. The average Bonchev–Trinajstić information content (AvgIpc) is 3.34. The van der Waals surface area contributed by atoms with Crippen molar-refractivity contribution in [3.8, 4) is 11.3 Å². The minimum absolute atomic E-state index is 0.0237. The Morgan fingerprint density at radius 2 is 1.90 bits per heavy atom. The second kappa shape index (κ2) is 10.8. The van der Waals surface area contributed by atoms with Gasteiger partial charge in [0.05, 0.1) is 5.56 Å². The number of pyridine rings is 1. The van der Waals surface area contributed by atoms with Gasteiger partial charge in [0.2, 0.25) is 0 Å². The molecule has 1 aliphatic heterocycles. The van der Waals surface area contributed by atoms with Crippen LogP contribution >= 0.6 is 0 Å². The number of hydrogen-bond donors (Lipinski definition) is 3. The molecule has 4 aromatic rings. The van der Waals surface area contributed by atoms with Gasteiger partial charge in [-0.2, -0.15) is 13.2 Å². The van der Waals surface area contributed by atoms with Crippen LogP contribution in [0.15, 0.2) is 55.0 Å². The fourth-order valence-electron chi connectivity index (χ4n) is 4.85. The molecule has 1 saturated heterocycles. The van der Waals surface area contributed by atoms with Crippen LogP contribution in [0, 0.1) is 0 Å². The molecule has 0 radical (unpaired) electrons. The van der Waals surface area contributed by atoms with Gasteiger partial charge in [0.25, 0.3) is 5.91 Å². The Labute approximate surface area is 227 Å². The minimum atomic E-state index is -4.55. The minimum Gasteiger partial charge on any atom is -0.382 e. The highest BCUT2D eigenvalue weighted by molar-refractivity contribution is 6.04. The lowest BCUT2D eigenvalue weighted by Gasteiger charge is -2.32. The van der Waals surface area contributed by atoms with Crippen LogP contribution in [-0.4, -0.2) is 55.8 Å². The van der Waals surface area contributed by atoms with E-state index in [1.54, 1.807) is 41.6 Å². The van der Waals surface area contributed by atoms with Gasteiger partial charge < -0.3 is 21.3 Å². The Morgan fingerprint density at radius 1 is 1.12 bits per heavy atom. The number of nitrogens with zero attached hydrogens (tertiary/aromatic N) is 5. The van der Waals surface area contributed by atoms with Crippen LogP contribution in [0.1, 0.15) is 47.4 Å². The Bertz CT molecular complexity index is 1550. The molecule has 4 N–H and O–H groups in total. The third-order valence-corrected chi connectivity index (χ3v) is 6.76. The smallest absolute Gasteiger partial charge is 0.382 e. The monoisotopic (exact) mass is 552 g/mol. The first-order valence-corrected chi connectivity index (χ1v) is 12.8. The summed E-state index contributed by atoms with van der Waals surface area (Å²) in [6.45, 7) is 3.60. The van der Waals surface area contributed by atoms with Gasteiger partial charge in [-0.05, 0) is 44.0 Å². The van der Waals surface area contributed by atoms with E-state index in [2.05, 4.69) is 20.6 Å².